The Morgan fingerprint density at radius 3 is 2.55 bits per heavy atom. The Morgan fingerprint density at radius 2 is 2.18 bits per heavy atom. The minimum Gasteiger partial charge on any atom is -0.306 e. The number of hydrogen-bond donors (Lipinski definition) is 1. The number of nitrogens with one attached hydrogen (secondary N) is 1. The minimum absolute atomic E-state index is 0.0440. The van der Waals surface area contributed by atoms with E-state index < -0.39 is 7.60 Å². The summed E-state index contributed by atoms with van der Waals surface area (Å²) >= 11 is 0. The van der Waals surface area contributed by atoms with Crippen LogP contribution in [0, 0.1) is 0 Å². The van der Waals surface area contributed by atoms with E-state index in [0.29, 0.717) is 0 Å². The maximum atomic E-state index is 11.4. The van der Waals surface area contributed by atoms with E-state index in [9.17, 15) is 4.57 Å². The van der Waals surface area contributed by atoms with Crippen molar-refractivity contribution in [2.24, 2.45) is 0 Å². The molecule has 0 aliphatic carbocycles. The van der Waals surface area contributed by atoms with E-state index in [2.05, 4.69) is 24.2 Å². The minimum atomic E-state index is -3.24. The summed E-state index contributed by atoms with van der Waals surface area (Å²) in [4.78, 5) is 3.65. The van der Waals surface area contributed by atoms with Gasteiger partial charge in [-0.15, -0.1) is 5.10 Å². The van der Waals surface area contributed by atoms with Crippen LogP contribution < -0.4 is 5.57 Å². The van der Waals surface area contributed by atoms with Gasteiger partial charge in [-0.2, -0.15) is 0 Å². The van der Waals surface area contributed by atoms with Crippen molar-refractivity contribution < 1.29 is 13.6 Å². The summed E-state index contributed by atoms with van der Waals surface area (Å²) in [6.07, 6.45) is 1.31. The van der Waals surface area contributed by atoms with Crippen LogP contribution in [0.1, 0.15) is 0 Å². The van der Waals surface area contributed by atoms with E-state index in [4.69, 9.17) is 0 Å². The third kappa shape index (κ3) is 1.48. The summed E-state index contributed by atoms with van der Waals surface area (Å²) in [5.41, 5.74) is 0.0440. The van der Waals surface area contributed by atoms with Crippen LogP contribution in [0.25, 0.3) is 0 Å². The molecule has 0 atom stereocenters. The molecule has 0 radical (unpaired) electrons. The fraction of sp³-hybridized carbons (Fsp3) is 0.500. The average Bonchev–Trinajstić information content (AvgIpc) is 2.55. The van der Waals surface area contributed by atoms with Gasteiger partial charge in [0.25, 0.3) is 5.57 Å². The molecule has 0 fully saturated rings. The first-order valence-electron chi connectivity index (χ1n) is 2.81. The van der Waals surface area contributed by atoms with Crippen LogP contribution in [0.15, 0.2) is 6.33 Å². The molecule has 7 heteroatoms. The van der Waals surface area contributed by atoms with Gasteiger partial charge < -0.3 is 9.05 Å². The predicted octanol–water partition coefficient (Wildman–Crippen LogP) is -0.0841. The van der Waals surface area contributed by atoms with Crippen molar-refractivity contribution in [1.82, 2.24) is 15.2 Å². The van der Waals surface area contributed by atoms with E-state index in [1.54, 1.807) is 0 Å². The first-order valence-corrected chi connectivity index (χ1v) is 4.35. The zero-order valence-corrected chi connectivity index (χ0v) is 7.04. The highest BCUT2D eigenvalue weighted by Gasteiger charge is 2.28. The molecule has 0 unspecified atom stereocenters. The molecule has 0 aliphatic rings. The Kier molecular flexibility index (Phi) is 2.38. The molecule has 1 aromatic heterocycles. The smallest absolute Gasteiger partial charge is 0.306 e. The molecule has 0 aromatic carbocycles. The number of rotatable bonds is 3. The molecule has 0 saturated heterocycles. The van der Waals surface area contributed by atoms with Gasteiger partial charge in [-0.25, -0.2) is 4.98 Å². The maximum Gasteiger partial charge on any atom is 0.399 e. The van der Waals surface area contributed by atoms with Gasteiger partial charge in [-0.3, -0.25) is 9.66 Å². The van der Waals surface area contributed by atoms with Gasteiger partial charge in [-0.1, -0.05) is 0 Å². The Balaban J connectivity index is 2.97. The van der Waals surface area contributed by atoms with E-state index in [-0.39, 0.29) is 5.57 Å². The number of hydrogen-bond acceptors (Lipinski definition) is 5. The van der Waals surface area contributed by atoms with Crippen LogP contribution in [-0.2, 0) is 13.6 Å². The zero-order valence-electron chi connectivity index (χ0n) is 6.14. The van der Waals surface area contributed by atoms with Gasteiger partial charge in [0, 0.05) is 14.2 Å². The first-order chi connectivity index (χ1) is 5.23. The monoisotopic (exact) mass is 177 g/mol. The van der Waals surface area contributed by atoms with Crippen LogP contribution >= 0.6 is 7.60 Å². The maximum absolute atomic E-state index is 11.4. The largest absolute Gasteiger partial charge is 0.399 e. The number of aromatic nitrogens is 3. The fourth-order valence-electron chi connectivity index (χ4n) is 0.572. The topological polar surface area (TPSA) is 77.1 Å². The highest BCUT2D eigenvalue weighted by Crippen LogP contribution is 2.43. The Bertz CT molecular complexity index is 252. The second-order valence-electron chi connectivity index (χ2n) is 1.66. The SMILES string of the molecule is COP(=O)(OC)c1nc[nH]n1. The molecular weight excluding hydrogens is 169 g/mol. The van der Waals surface area contributed by atoms with Gasteiger partial charge in [-0.05, 0) is 0 Å². The van der Waals surface area contributed by atoms with Crippen molar-refractivity contribution in [3.63, 3.8) is 0 Å². The molecule has 0 saturated carbocycles. The quantitative estimate of drug-likeness (QED) is 0.653. The third-order valence-corrected chi connectivity index (χ3v) is 2.79. The number of aromatic amines is 1. The lowest BCUT2D eigenvalue weighted by molar-refractivity contribution is 0.285. The van der Waals surface area contributed by atoms with Gasteiger partial charge >= 0.3 is 7.60 Å². The first kappa shape index (κ1) is 8.39. The van der Waals surface area contributed by atoms with Gasteiger partial charge in [0.15, 0.2) is 0 Å². The highest BCUT2D eigenvalue weighted by molar-refractivity contribution is 7.61. The molecule has 0 amide bonds. The van der Waals surface area contributed by atoms with Crippen molar-refractivity contribution in [2.75, 3.05) is 14.2 Å². The van der Waals surface area contributed by atoms with E-state index in [1.165, 1.54) is 20.5 Å². The summed E-state index contributed by atoms with van der Waals surface area (Å²) in [5, 5.41) is 5.99. The van der Waals surface area contributed by atoms with Crippen molar-refractivity contribution in [1.29, 1.82) is 0 Å². The summed E-state index contributed by atoms with van der Waals surface area (Å²) in [5.74, 6) is 0. The molecule has 0 aliphatic heterocycles. The summed E-state index contributed by atoms with van der Waals surface area (Å²) in [6, 6.07) is 0. The molecule has 1 rings (SSSR count). The molecule has 0 spiro atoms. The lowest BCUT2D eigenvalue weighted by Crippen LogP contribution is -2.11. The van der Waals surface area contributed by atoms with Crippen LogP contribution in [0.5, 0.6) is 0 Å². The molecule has 1 aromatic rings. The van der Waals surface area contributed by atoms with Crippen molar-refractivity contribution in [2.45, 2.75) is 0 Å². The van der Waals surface area contributed by atoms with E-state index in [0.717, 1.165) is 0 Å². The van der Waals surface area contributed by atoms with Crippen LogP contribution in [-0.4, -0.2) is 29.4 Å². The molecule has 6 nitrogen and oxygen atoms in total. The number of nitrogens with zero attached hydrogens (tertiary/aromatic N) is 2. The van der Waals surface area contributed by atoms with E-state index in [1.807, 2.05) is 0 Å². The normalized spacial score (nSPS) is 11.8. The van der Waals surface area contributed by atoms with E-state index >= 15 is 0 Å². The highest BCUT2D eigenvalue weighted by atomic mass is 31.2. The average molecular weight is 177 g/mol. The Labute approximate surface area is 63.5 Å². The number of H-pyrrole nitrogens is 1. The van der Waals surface area contributed by atoms with Gasteiger partial charge in [0.2, 0.25) is 0 Å². The standard InChI is InChI=1S/C4H8N3O3P/c1-9-11(8,10-2)4-5-3-6-7-4/h3H,1-2H3,(H,5,6,7). The lowest BCUT2D eigenvalue weighted by Gasteiger charge is -2.07. The Morgan fingerprint density at radius 1 is 1.55 bits per heavy atom. The molecule has 0 bridgehead atoms. The second kappa shape index (κ2) is 3.13. The summed E-state index contributed by atoms with van der Waals surface area (Å²) < 4.78 is 20.7. The molecule has 1 N–H and O–H groups in total. The molecule has 62 valence electrons. The van der Waals surface area contributed by atoms with Crippen molar-refractivity contribution in [3.05, 3.63) is 6.33 Å². The summed E-state index contributed by atoms with van der Waals surface area (Å²) in [6.45, 7) is 0. The molecule has 11 heavy (non-hydrogen) atoms. The Hall–Kier alpha value is -0.710. The molecule has 1 heterocycles. The fourth-order valence-corrected chi connectivity index (χ4v) is 1.43. The summed E-state index contributed by atoms with van der Waals surface area (Å²) in [7, 11) is -0.682. The van der Waals surface area contributed by atoms with Crippen molar-refractivity contribution in [3.8, 4) is 0 Å². The van der Waals surface area contributed by atoms with Crippen molar-refractivity contribution >= 4 is 13.2 Å². The van der Waals surface area contributed by atoms with Gasteiger partial charge in [0.05, 0.1) is 0 Å². The lowest BCUT2D eigenvalue weighted by atomic mass is 11.3. The van der Waals surface area contributed by atoms with Crippen LogP contribution in [0.4, 0.5) is 0 Å². The molecular formula is C4H8N3O3P. The zero-order chi connectivity index (χ0) is 8.32. The van der Waals surface area contributed by atoms with Gasteiger partial charge in [0.1, 0.15) is 6.33 Å². The van der Waals surface area contributed by atoms with Crippen LogP contribution in [0.3, 0.4) is 0 Å². The second-order valence-corrected chi connectivity index (χ2v) is 3.79. The third-order valence-electron chi connectivity index (χ3n) is 1.13. The predicted molar refractivity (Wildman–Crippen MR) is 37.6 cm³/mol. The van der Waals surface area contributed by atoms with Crippen LogP contribution in [0.2, 0.25) is 0 Å².